The molecule has 3 heteroatoms. The molecule has 0 spiro atoms. The molecule has 0 aliphatic heterocycles. The highest BCUT2D eigenvalue weighted by Crippen LogP contribution is 2.30. The molecule has 0 aromatic heterocycles. The van der Waals surface area contributed by atoms with Crippen LogP contribution in [0.15, 0.2) is 23.8 Å². The molecule has 0 aromatic rings. The quantitative estimate of drug-likeness (QED) is 0.495. The second kappa shape index (κ2) is 2.48. The van der Waals surface area contributed by atoms with E-state index in [1.807, 2.05) is 0 Å². The van der Waals surface area contributed by atoms with E-state index in [1.54, 1.807) is 6.08 Å². The summed E-state index contributed by atoms with van der Waals surface area (Å²) in [6, 6.07) is 0. The third-order valence-corrected chi connectivity index (χ3v) is 1.38. The second-order valence-corrected chi connectivity index (χ2v) is 2.16. The molecule has 0 aromatic carbocycles. The molecule has 1 rings (SSSR count). The van der Waals surface area contributed by atoms with Crippen molar-refractivity contribution >= 4 is 0 Å². The Bertz CT molecular complexity index is 174. The topological polar surface area (TPSA) is 0 Å². The van der Waals surface area contributed by atoms with Crippen LogP contribution in [0.25, 0.3) is 0 Å². The van der Waals surface area contributed by atoms with Crippen molar-refractivity contribution < 1.29 is 13.2 Å². The highest BCUT2D eigenvalue weighted by atomic mass is 19.4. The summed E-state index contributed by atoms with van der Waals surface area (Å²) < 4.78 is 35.5. The van der Waals surface area contributed by atoms with Gasteiger partial charge in [-0.1, -0.05) is 18.2 Å². The Morgan fingerprint density at radius 3 is 2.30 bits per heavy atom. The van der Waals surface area contributed by atoms with Gasteiger partial charge in [0.15, 0.2) is 0 Å². The van der Waals surface area contributed by atoms with E-state index in [1.165, 1.54) is 6.08 Å². The summed E-state index contributed by atoms with van der Waals surface area (Å²) in [5, 5.41) is 0. The summed E-state index contributed by atoms with van der Waals surface area (Å²) >= 11 is 0. The summed E-state index contributed by atoms with van der Waals surface area (Å²) in [5.41, 5.74) is -0.421. The highest BCUT2D eigenvalue weighted by molar-refractivity contribution is 5.21. The molecule has 0 nitrogen and oxygen atoms in total. The van der Waals surface area contributed by atoms with Crippen LogP contribution in [0.5, 0.6) is 0 Å². The molecule has 0 saturated heterocycles. The van der Waals surface area contributed by atoms with Gasteiger partial charge in [-0.15, -0.1) is 0 Å². The van der Waals surface area contributed by atoms with Crippen LogP contribution in [0.3, 0.4) is 0 Å². The van der Waals surface area contributed by atoms with Gasteiger partial charge >= 0.3 is 6.18 Å². The van der Waals surface area contributed by atoms with Crippen molar-refractivity contribution in [2.75, 3.05) is 0 Å². The van der Waals surface area contributed by atoms with Gasteiger partial charge in [0.05, 0.1) is 0 Å². The fraction of sp³-hybridized carbons (Fsp3) is 0.429. The van der Waals surface area contributed by atoms with Crippen LogP contribution in [0.4, 0.5) is 13.2 Å². The molecule has 0 fully saturated rings. The van der Waals surface area contributed by atoms with Crippen LogP contribution in [0, 0.1) is 0 Å². The number of alkyl halides is 3. The Morgan fingerprint density at radius 1 is 1.30 bits per heavy atom. The zero-order valence-corrected chi connectivity index (χ0v) is 5.28. The number of hydrogen-bond acceptors (Lipinski definition) is 0. The van der Waals surface area contributed by atoms with Crippen LogP contribution < -0.4 is 0 Å². The third-order valence-electron chi connectivity index (χ3n) is 1.38. The standard InChI is InChI=1S/C7H7F3/c8-7(9,10)6-4-2-1-3-5-6/h1-2,4H,3,5H2. The van der Waals surface area contributed by atoms with Gasteiger partial charge in [-0.3, -0.25) is 0 Å². The molecule has 0 saturated carbocycles. The first-order chi connectivity index (χ1) is 4.61. The Balaban J connectivity index is 2.72. The average molecular weight is 148 g/mol. The van der Waals surface area contributed by atoms with Gasteiger partial charge in [-0.25, -0.2) is 0 Å². The van der Waals surface area contributed by atoms with Gasteiger partial charge in [-0.05, 0) is 12.8 Å². The molecule has 0 unspecified atom stereocenters. The summed E-state index contributed by atoms with van der Waals surface area (Å²) in [5.74, 6) is 0. The Hall–Kier alpha value is -0.730. The molecule has 0 N–H and O–H groups in total. The lowest BCUT2D eigenvalue weighted by molar-refractivity contribution is -0.0940. The van der Waals surface area contributed by atoms with Crippen LogP contribution in [0.2, 0.25) is 0 Å². The van der Waals surface area contributed by atoms with E-state index in [2.05, 4.69) is 0 Å². The average Bonchev–Trinajstić information content (AvgIpc) is 1.88. The van der Waals surface area contributed by atoms with Crippen LogP contribution in [-0.2, 0) is 0 Å². The lowest BCUT2D eigenvalue weighted by Crippen LogP contribution is -2.12. The molecule has 1 aliphatic rings. The Labute approximate surface area is 57.0 Å². The van der Waals surface area contributed by atoms with E-state index in [4.69, 9.17) is 0 Å². The Morgan fingerprint density at radius 2 is 2.00 bits per heavy atom. The van der Waals surface area contributed by atoms with E-state index < -0.39 is 11.7 Å². The predicted octanol–water partition coefficient (Wildman–Crippen LogP) is 2.83. The summed E-state index contributed by atoms with van der Waals surface area (Å²) in [7, 11) is 0. The fourth-order valence-corrected chi connectivity index (χ4v) is 0.839. The van der Waals surface area contributed by atoms with Gasteiger partial charge in [0.1, 0.15) is 0 Å². The van der Waals surface area contributed by atoms with Gasteiger partial charge in [-0.2, -0.15) is 13.2 Å². The monoisotopic (exact) mass is 148 g/mol. The lowest BCUT2D eigenvalue weighted by atomic mass is 10.1. The van der Waals surface area contributed by atoms with Gasteiger partial charge < -0.3 is 0 Å². The van der Waals surface area contributed by atoms with E-state index in [0.717, 1.165) is 6.08 Å². The van der Waals surface area contributed by atoms with E-state index in [-0.39, 0.29) is 6.42 Å². The minimum absolute atomic E-state index is 0.125. The molecule has 0 bridgehead atoms. The highest BCUT2D eigenvalue weighted by Gasteiger charge is 2.32. The maximum Gasteiger partial charge on any atom is 0.412 e. The van der Waals surface area contributed by atoms with Crippen molar-refractivity contribution in [1.29, 1.82) is 0 Å². The van der Waals surface area contributed by atoms with Crippen molar-refractivity contribution in [1.82, 2.24) is 0 Å². The maximum absolute atomic E-state index is 11.8. The summed E-state index contributed by atoms with van der Waals surface area (Å²) in [6.07, 6.45) is 0.821. The lowest BCUT2D eigenvalue weighted by Gasteiger charge is -2.11. The van der Waals surface area contributed by atoms with Gasteiger partial charge in [0.25, 0.3) is 0 Å². The molecule has 0 heterocycles. The number of allylic oxidation sites excluding steroid dienone is 4. The number of halogens is 3. The number of rotatable bonds is 0. The van der Waals surface area contributed by atoms with Gasteiger partial charge in [0, 0.05) is 5.57 Å². The molecule has 1 aliphatic carbocycles. The van der Waals surface area contributed by atoms with Crippen molar-refractivity contribution in [3.63, 3.8) is 0 Å². The van der Waals surface area contributed by atoms with Crippen molar-refractivity contribution in [3.8, 4) is 0 Å². The maximum atomic E-state index is 11.8. The zero-order chi connectivity index (χ0) is 7.61. The normalized spacial score (nSPS) is 18.9. The van der Waals surface area contributed by atoms with Crippen LogP contribution in [0.1, 0.15) is 12.8 Å². The van der Waals surface area contributed by atoms with E-state index in [9.17, 15) is 13.2 Å². The second-order valence-electron chi connectivity index (χ2n) is 2.16. The first-order valence-corrected chi connectivity index (χ1v) is 3.03. The largest absolute Gasteiger partial charge is 0.412 e. The molecule has 0 atom stereocenters. The third kappa shape index (κ3) is 1.62. The molecular weight excluding hydrogens is 141 g/mol. The van der Waals surface area contributed by atoms with E-state index >= 15 is 0 Å². The smallest absolute Gasteiger partial charge is 0.166 e. The first kappa shape index (κ1) is 7.38. The molecule has 0 amide bonds. The van der Waals surface area contributed by atoms with Gasteiger partial charge in [0.2, 0.25) is 0 Å². The van der Waals surface area contributed by atoms with Crippen LogP contribution >= 0.6 is 0 Å². The molecular formula is C7H7F3. The molecule has 56 valence electrons. The van der Waals surface area contributed by atoms with E-state index in [0.29, 0.717) is 6.42 Å². The fourth-order valence-electron chi connectivity index (χ4n) is 0.839. The van der Waals surface area contributed by atoms with Crippen molar-refractivity contribution in [2.45, 2.75) is 19.0 Å². The minimum Gasteiger partial charge on any atom is -0.166 e. The zero-order valence-electron chi connectivity index (χ0n) is 5.28. The summed E-state index contributed by atoms with van der Waals surface area (Å²) in [6.45, 7) is 0. The SMILES string of the molecule is FC(F)(F)C1=CC=CCC1. The van der Waals surface area contributed by atoms with Crippen molar-refractivity contribution in [2.24, 2.45) is 0 Å². The summed E-state index contributed by atoms with van der Waals surface area (Å²) in [4.78, 5) is 0. The van der Waals surface area contributed by atoms with Crippen molar-refractivity contribution in [3.05, 3.63) is 23.8 Å². The molecule has 0 radical (unpaired) electrons. The first-order valence-electron chi connectivity index (χ1n) is 3.03. The number of hydrogen-bond donors (Lipinski definition) is 0. The molecule has 10 heavy (non-hydrogen) atoms. The Kier molecular flexibility index (Phi) is 1.83. The predicted molar refractivity (Wildman–Crippen MR) is 32.5 cm³/mol. The van der Waals surface area contributed by atoms with Crippen LogP contribution in [-0.4, -0.2) is 6.18 Å². The minimum atomic E-state index is -4.12.